The fourth-order valence-electron chi connectivity index (χ4n) is 2.11. The first kappa shape index (κ1) is 10.2. The summed E-state index contributed by atoms with van der Waals surface area (Å²) in [5.74, 6) is 0.929. The summed E-state index contributed by atoms with van der Waals surface area (Å²) < 4.78 is 6.84. The van der Waals surface area contributed by atoms with Crippen molar-refractivity contribution in [3.63, 3.8) is 0 Å². The van der Waals surface area contributed by atoms with Crippen LogP contribution < -0.4 is 0 Å². The van der Waals surface area contributed by atoms with E-state index in [0.717, 1.165) is 18.4 Å². The van der Waals surface area contributed by atoms with Gasteiger partial charge in [-0.2, -0.15) is 10.1 Å². The Kier molecular flexibility index (Phi) is 2.28. The molecule has 0 N–H and O–H groups in total. The summed E-state index contributed by atoms with van der Waals surface area (Å²) in [5, 5.41) is 7.93. The van der Waals surface area contributed by atoms with Crippen molar-refractivity contribution in [2.45, 2.75) is 25.2 Å². The van der Waals surface area contributed by atoms with Crippen molar-refractivity contribution < 1.29 is 9.32 Å². The Balaban J connectivity index is 1.90. The minimum atomic E-state index is -0.201. The summed E-state index contributed by atoms with van der Waals surface area (Å²) in [4.78, 5) is 15.9. The molecule has 6 heteroatoms. The number of rotatable bonds is 2. The van der Waals surface area contributed by atoms with E-state index in [1.165, 1.54) is 0 Å². The van der Waals surface area contributed by atoms with Crippen molar-refractivity contribution in [2.75, 3.05) is 0 Å². The predicted octanol–water partition coefficient (Wildman–Crippen LogP) is 1.31. The lowest BCUT2D eigenvalue weighted by atomic mass is 10.1. The van der Waals surface area contributed by atoms with Crippen LogP contribution in [0.5, 0.6) is 0 Å². The van der Waals surface area contributed by atoms with Crippen LogP contribution in [-0.4, -0.2) is 25.7 Å². The minimum Gasteiger partial charge on any atom is -0.338 e. The minimum absolute atomic E-state index is 0.200. The van der Waals surface area contributed by atoms with Crippen LogP contribution in [0.1, 0.15) is 31.1 Å². The average molecular weight is 232 g/mol. The van der Waals surface area contributed by atoms with Gasteiger partial charge in [0.2, 0.25) is 11.7 Å². The van der Waals surface area contributed by atoms with Gasteiger partial charge in [0.25, 0.3) is 0 Å². The lowest BCUT2D eigenvalue weighted by Crippen LogP contribution is -2.04. The summed E-state index contributed by atoms with van der Waals surface area (Å²) in [6.45, 7) is 0. The maximum atomic E-state index is 11.6. The fraction of sp³-hybridized carbons (Fsp3) is 0.455. The second-order valence-electron chi connectivity index (χ2n) is 4.27. The van der Waals surface area contributed by atoms with Gasteiger partial charge >= 0.3 is 0 Å². The monoisotopic (exact) mass is 232 g/mol. The SMILES string of the molecule is Cn1cc(-c2noc(C3CCCC3=O)n2)cn1. The van der Waals surface area contributed by atoms with Crippen molar-refractivity contribution in [1.82, 2.24) is 19.9 Å². The Labute approximate surface area is 97.6 Å². The molecule has 0 saturated heterocycles. The van der Waals surface area contributed by atoms with E-state index in [9.17, 15) is 4.79 Å². The number of Topliss-reactive ketones (excluding diaryl/α,β-unsaturated/α-hetero) is 1. The van der Waals surface area contributed by atoms with E-state index in [0.29, 0.717) is 18.1 Å². The topological polar surface area (TPSA) is 73.8 Å². The lowest BCUT2D eigenvalue weighted by molar-refractivity contribution is -0.119. The predicted molar refractivity (Wildman–Crippen MR) is 58.1 cm³/mol. The van der Waals surface area contributed by atoms with Crippen molar-refractivity contribution in [3.05, 3.63) is 18.3 Å². The maximum absolute atomic E-state index is 11.6. The van der Waals surface area contributed by atoms with E-state index in [4.69, 9.17) is 4.52 Å². The van der Waals surface area contributed by atoms with Gasteiger partial charge in [0.1, 0.15) is 5.78 Å². The first-order chi connectivity index (χ1) is 8.24. The largest absolute Gasteiger partial charge is 0.338 e. The zero-order valence-corrected chi connectivity index (χ0v) is 9.46. The van der Waals surface area contributed by atoms with E-state index in [1.54, 1.807) is 10.9 Å². The molecule has 17 heavy (non-hydrogen) atoms. The highest BCUT2D eigenvalue weighted by molar-refractivity contribution is 5.86. The molecule has 2 heterocycles. The highest BCUT2D eigenvalue weighted by Gasteiger charge is 2.31. The zero-order valence-electron chi connectivity index (χ0n) is 9.46. The van der Waals surface area contributed by atoms with Gasteiger partial charge in [-0.3, -0.25) is 9.48 Å². The van der Waals surface area contributed by atoms with Gasteiger partial charge in [-0.25, -0.2) is 0 Å². The number of nitrogens with zero attached hydrogens (tertiary/aromatic N) is 4. The van der Waals surface area contributed by atoms with Gasteiger partial charge in [-0.05, 0) is 12.8 Å². The number of hydrogen-bond donors (Lipinski definition) is 0. The molecule has 1 atom stereocenters. The third-order valence-corrected chi connectivity index (χ3v) is 3.01. The molecule has 2 aromatic heterocycles. The average Bonchev–Trinajstić information content (AvgIpc) is 2.97. The first-order valence-corrected chi connectivity index (χ1v) is 5.59. The molecule has 2 aromatic rings. The molecule has 0 aromatic carbocycles. The third-order valence-electron chi connectivity index (χ3n) is 3.01. The molecule has 0 amide bonds. The van der Waals surface area contributed by atoms with E-state index >= 15 is 0 Å². The molecule has 1 aliphatic carbocycles. The highest BCUT2D eigenvalue weighted by Crippen LogP contribution is 2.30. The van der Waals surface area contributed by atoms with Crippen molar-refractivity contribution >= 4 is 5.78 Å². The standard InChI is InChI=1S/C11H12N4O2/c1-15-6-7(5-12-15)10-13-11(17-14-10)8-3-2-4-9(8)16/h5-6,8H,2-4H2,1H3. The Morgan fingerprint density at radius 2 is 2.41 bits per heavy atom. The van der Waals surface area contributed by atoms with E-state index in [-0.39, 0.29) is 11.7 Å². The second kappa shape index (κ2) is 3.80. The lowest BCUT2D eigenvalue weighted by Gasteiger charge is -1.98. The summed E-state index contributed by atoms with van der Waals surface area (Å²) in [7, 11) is 1.82. The summed E-state index contributed by atoms with van der Waals surface area (Å²) >= 11 is 0. The second-order valence-corrected chi connectivity index (χ2v) is 4.27. The van der Waals surface area contributed by atoms with Gasteiger partial charge in [-0.1, -0.05) is 5.16 Å². The van der Waals surface area contributed by atoms with Crippen molar-refractivity contribution in [1.29, 1.82) is 0 Å². The Bertz CT molecular complexity index is 557. The zero-order chi connectivity index (χ0) is 11.8. The van der Waals surface area contributed by atoms with Crippen LogP contribution in [0.3, 0.4) is 0 Å². The molecular weight excluding hydrogens is 220 g/mol. The molecular formula is C11H12N4O2. The molecule has 6 nitrogen and oxygen atoms in total. The molecule has 88 valence electrons. The number of hydrogen-bond acceptors (Lipinski definition) is 5. The molecule has 0 bridgehead atoms. The maximum Gasteiger partial charge on any atom is 0.237 e. The van der Waals surface area contributed by atoms with Crippen molar-refractivity contribution in [3.8, 4) is 11.4 Å². The Morgan fingerprint density at radius 1 is 1.53 bits per heavy atom. The summed E-state index contributed by atoms with van der Waals surface area (Å²) in [6, 6.07) is 0. The van der Waals surface area contributed by atoms with Gasteiger partial charge in [0, 0.05) is 19.7 Å². The van der Waals surface area contributed by atoms with E-state index in [2.05, 4.69) is 15.2 Å². The van der Waals surface area contributed by atoms with Crippen LogP contribution in [0.2, 0.25) is 0 Å². The molecule has 1 fully saturated rings. The number of carbonyl (C=O) groups is 1. The normalized spacial score (nSPS) is 20.1. The molecule has 1 saturated carbocycles. The van der Waals surface area contributed by atoms with E-state index in [1.807, 2.05) is 13.2 Å². The number of aromatic nitrogens is 4. The molecule has 0 spiro atoms. The van der Waals surface area contributed by atoms with Gasteiger partial charge in [-0.15, -0.1) is 0 Å². The highest BCUT2D eigenvalue weighted by atomic mass is 16.5. The van der Waals surface area contributed by atoms with Crippen LogP contribution in [0, 0.1) is 0 Å². The van der Waals surface area contributed by atoms with Gasteiger partial charge < -0.3 is 4.52 Å². The smallest absolute Gasteiger partial charge is 0.237 e. The van der Waals surface area contributed by atoms with Gasteiger partial charge in [0.05, 0.1) is 17.7 Å². The molecule has 0 radical (unpaired) electrons. The van der Waals surface area contributed by atoms with Crippen molar-refractivity contribution in [2.24, 2.45) is 7.05 Å². The Morgan fingerprint density at radius 3 is 3.06 bits per heavy atom. The Hall–Kier alpha value is -1.98. The van der Waals surface area contributed by atoms with E-state index < -0.39 is 0 Å². The first-order valence-electron chi connectivity index (χ1n) is 5.59. The van der Waals surface area contributed by atoms with Crippen LogP contribution >= 0.6 is 0 Å². The fourth-order valence-corrected chi connectivity index (χ4v) is 2.11. The summed E-state index contributed by atoms with van der Waals surface area (Å²) in [5.41, 5.74) is 0.799. The molecule has 1 aliphatic rings. The number of ketones is 1. The number of aryl methyl sites for hydroxylation is 1. The van der Waals surface area contributed by atoms with Crippen LogP contribution in [0.4, 0.5) is 0 Å². The van der Waals surface area contributed by atoms with Crippen LogP contribution in [-0.2, 0) is 11.8 Å². The van der Waals surface area contributed by atoms with Crippen LogP contribution in [0.25, 0.3) is 11.4 Å². The third kappa shape index (κ3) is 1.75. The molecule has 1 unspecified atom stereocenters. The molecule has 3 rings (SSSR count). The molecule has 0 aliphatic heterocycles. The number of carbonyl (C=O) groups excluding carboxylic acids is 1. The van der Waals surface area contributed by atoms with Crippen LogP contribution in [0.15, 0.2) is 16.9 Å². The van der Waals surface area contributed by atoms with Gasteiger partial charge in [0.15, 0.2) is 0 Å². The summed E-state index contributed by atoms with van der Waals surface area (Å²) in [6.07, 6.45) is 5.83. The quantitative estimate of drug-likeness (QED) is 0.780.